The zero-order chi connectivity index (χ0) is 12.8. The molecule has 0 saturated carbocycles. The van der Waals surface area contributed by atoms with Crippen LogP contribution in [0.2, 0.25) is 0 Å². The van der Waals surface area contributed by atoms with Crippen molar-refractivity contribution in [1.29, 1.82) is 0 Å². The fourth-order valence-corrected chi connectivity index (χ4v) is 1.84. The fourth-order valence-electron chi connectivity index (χ4n) is 1.84. The molecule has 3 N–H and O–H groups in total. The Hall–Kier alpha value is -1.22. The molecule has 0 aliphatic rings. The summed E-state index contributed by atoms with van der Waals surface area (Å²) < 4.78 is 5.42. The number of nitrogens with one attached hydrogen (secondary N) is 1. The average molecular weight is 236 g/mol. The lowest BCUT2D eigenvalue weighted by Gasteiger charge is -2.17. The number of rotatable bonds is 6. The van der Waals surface area contributed by atoms with Crippen molar-refractivity contribution in [2.75, 3.05) is 25.5 Å². The highest BCUT2D eigenvalue weighted by Crippen LogP contribution is 2.31. The third-order valence-electron chi connectivity index (χ3n) is 2.90. The van der Waals surface area contributed by atoms with Crippen molar-refractivity contribution in [2.45, 2.75) is 33.1 Å². The smallest absolute Gasteiger partial charge is 0.122 e. The van der Waals surface area contributed by atoms with Crippen molar-refractivity contribution in [3.8, 4) is 5.75 Å². The Morgan fingerprint density at radius 3 is 2.59 bits per heavy atom. The summed E-state index contributed by atoms with van der Waals surface area (Å²) in [4.78, 5) is 0. The zero-order valence-corrected chi connectivity index (χ0v) is 11.3. The normalized spacial score (nSPS) is 10.7. The van der Waals surface area contributed by atoms with Crippen molar-refractivity contribution in [3.63, 3.8) is 0 Å². The third-order valence-corrected chi connectivity index (χ3v) is 2.90. The molecule has 0 aliphatic carbocycles. The summed E-state index contributed by atoms with van der Waals surface area (Å²) in [6, 6.07) is 4.29. The molecule has 0 heterocycles. The summed E-state index contributed by atoms with van der Waals surface area (Å²) in [6.45, 7) is 8.09. The maximum absolute atomic E-state index is 5.49. The van der Waals surface area contributed by atoms with Crippen molar-refractivity contribution in [2.24, 2.45) is 5.73 Å². The Morgan fingerprint density at radius 1 is 1.35 bits per heavy atom. The van der Waals surface area contributed by atoms with Gasteiger partial charge in [0.2, 0.25) is 0 Å². The zero-order valence-electron chi connectivity index (χ0n) is 11.3. The highest BCUT2D eigenvalue weighted by molar-refractivity contribution is 5.58. The number of methoxy groups -OCH3 is 1. The van der Waals surface area contributed by atoms with E-state index in [9.17, 15) is 0 Å². The fraction of sp³-hybridized carbons (Fsp3) is 0.571. The molecule has 17 heavy (non-hydrogen) atoms. The van der Waals surface area contributed by atoms with Crippen LogP contribution in [0.4, 0.5) is 5.69 Å². The van der Waals surface area contributed by atoms with Crippen LogP contribution < -0.4 is 15.8 Å². The lowest BCUT2D eigenvalue weighted by atomic mass is 9.99. The number of ether oxygens (including phenoxy) is 1. The molecule has 0 fully saturated rings. The molecule has 0 atom stereocenters. The van der Waals surface area contributed by atoms with Crippen molar-refractivity contribution < 1.29 is 4.74 Å². The number of aryl methyl sites for hydroxylation is 1. The Balaban J connectivity index is 2.94. The molecule has 3 heteroatoms. The second-order valence-electron chi connectivity index (χ2n) is 4.63. The molecule has 1 rings (SSSR count). The predicted octanol–water partition coefficient (Wildman–Crippen LogP) is 2.89. The number of hydrogen-bond donors (Lipinski definition) is 2. The summed E-state index contributed by atoms with van der Waals surface area (Å²) in [5.41, 5.74) is 9.13. The maximum Gasteiger partial charge on any atom is 0.122 e. The lowest BCUT2D eigenvalue weighted by molar-refractivity contribution is 0.407. The summed E-state index contributed by atoms with van der Waals surface area (Å²) in [7, 11) is 1.72. The number of hydrogen-bond acceptors (Lipinski definition) is 3. The molecule has 0 saturated heterocycles. The van der Waals surface area contributed by atoms with Crippen LogP contribution in [-0.2, 0) is 0 Å². The summed E-state index contributed by atoms with van der Waals surface area (Å²) in [6.07, 6.45) is 0.989. The molecular formula is C14H24N2O. The topological polar surface area (TPSA) is 47.3 Å². The van der Waals surface area contributed by atoms with E-state index in [2.05, 4.69) is 38.2 Å². The summed E-state index contributed by atoms with van der Waals surface area (Å²) in [5.74, 6) is 1.43. The maximum atomic E-state index is 5.49. The summed E-state index contributed by atoms with van der Waals surface area (Å²) in [5, 5.41) is 3.42. The van der Waals surface area contributed by atoms with Gasteiger partial charge in [-0.2, -0.15) is 0 Å². The van der Waals surface area contributed by atoms with Crippen LogP contribution in [0.1, 0.15) is 37.3 Å². The molecule has 1 aromatic rings. The number of benzene rings is 1. The highest BCUT2D eigenvalue weighted by Gasteiger charge is 2.10. The van der Waals surface area contributed by atoms with Gasteiger partial charge in [-0.25, -0.2) is 0 Å². The lowest BCUT2D eigenvalue weighted by Crippen LogP contribution is -2.09. The average Bonchev–Trinajstić information content (AvgIpc) is 2.30. The number of anilines is 1. The molecule has 0 unspecified atom stereocenters. The second-order valence-corrected chi connectivity index (χ2v) is 4.63. The molecule has 0 amide bonds. The van der Waals surface area contributed by atoms with Crippen LogP contribution in [0, 0.1) is 6.92 Å². The van der Waals surface area contributed by atoms with Gasteiger partial charge in [0.1, 0.15) is 5.75 Å². The van der Waals surface area contributed by atoms with Gasteiger partial charge in [-0.15, -0.1) is 0 Å². The van der Waals surface area contributed by atoms with Gasteiger partial charge in [-0.05, 0) is 49.1 Å². The Morgan fingerprint density at radius 2 is 2.06 bits per heavy atom. The first kappa shape index (κ1) is 13.8. The van der Waals surface area contributed by atoms with Gasteiger partial charge in [-0.3, -0.25) is 0 Å². The molecular weight excluding hydrogens is 212 g/mol. The standard InChI is InChI=1S/C14H24N2O/c1-10(2)12-9-13(16-7-5-6-15)11(3)8-14(12)17-4/h8-10,16H,5-7,15H2,1-4H3. The molecule has 3 nitrogen and oxygen atoms in total. The van der Waals surface area contributed by atoms with E-state index in [-0.39, 0.29) is 0 Å². The van der Waals surface area contributed by atoms with Gasteiger partial charge in [0.25, 0.3) is 0 Å². The summed E-state index contributed by atoms with van der Waals surface area (Å²) >= 11 is 0. The number of nitrogens with two attached hydrogens (primary N) is 1. The van der Waals surface area contributed by atoms with Gasteiger partial charge in [0.05, 0.1) is 7.11 Å². The quantitative estimate of drug-likeness (QED) is 0.747. The van der Waals surface area contributed by atoms with E-state index in [1.165, 1.54) is 16.8 Å². The first-order valence-electron chi connectivity index (χ1n) is 6.22. The SMILES string of the molecule is COc1cc(C)c(NCCCN)cc1C(C)C. The van der Waals surface area contributed by atoms with E-state index < -0.39 is 0 Å². The van der Waals surface area contributed by atoms with E-state index in [0.717, 1.165) is 25.3 Å². The van der Waals surface area contributed by atoms with Crippen molar-refractivity contribution in [3.05, 3.63) is 23.3 Å². The second kappa shape index (κ2) is 6.50. The van der Waals surface area contributed by atoms with Crippen LogP contribution in [-0.4, -0.2) is 20.2 Å². The van der Waals surface area contributed by atoms with E-state index in [1.807, 2.05) is 0 Å². The third kappa shape index (κ3) is 3.63. The molecule has 0 aliphatic heterocycles. The molecule has 96 valence electrons. The van der Waals surface area contributed by atoms with Crippen LogP contribution in [0.5, 0.6) is 5.75 Å². The minimum absolute atomic E-state index is 0.459. The Kier molecular flexibility index (Phi) is 5.29. The van der Waals surface area contributed by atoms with Crippen LogP contribution in [0.25, 0.3) is 0 Å². The minimum Gasteiger partial charge on any atom is -0.496 e. The van der Waals surface area contributed by atoms with E-state index in [4.69, 9.17) is 10.5 Å². The Bertz CT molecular complexity index is 361. The van der Waals surface area contributed by atoms with Crippen molar-refractivity contribution >= 4 is 5.69 Å². The molecule has 0 aromatic heterocycles. The van der Waals surface area contributed by atoms with Gasteiger partial charge in [-0.1, -0.05) is 13.8 Å². The predicted molar refractivity (Wildman–Crippen MR) is 74.0 cm³/mol. The van der Waals surface area contributed by atoms with Crippen LogP contribution >= 0.6 is 0 Å². The van der Waals surface area contributed by atoms with Gasteiger partial charge in [0.15, 0.2) is 0 Å². The van der Waals surface area contributed by atoms with E-state index in [1.54, 1.807) is 7.11 Å². The van der Waals surface area contributed by atoms with Crippen LogP contribution in [0.3, 0.4) is 0 Å². The van der Waals surface area contributed by atoms with Crippen LogP contribution in [0.15, 0.2) is 12.1 Å². The largest absolute Gasteiger partial charge is 0.496 e. The molecule has 1 aromatic carbocycles. The highest BCUT2D eigenvalue weighted by atomic mass is 16.5. The van der Waals surface area contributed by atoms with Crippen molar-refractivity contribution in [1.82, 2.24) is 0 Å². The first-order valence-corrected chi connectivity index (χ1v) is 6.22. The Labute approximate surface area is 104 Å². The van der Waals surface area contributed by atoms with Gasteiger partial charge >= 0.3 is 0 Å². The molecule has 0 bridgehead atoms. The monoisotopic (exact) mass is 236 g/mol. The molecule has 0 radical (unpaired) electrons. The van der Waals surface area contributed by atoms with Gasteiger partial charge < -0.3 is 15.8 Å². The first-order chi connectivity index (χ1) is 8.10. The van der Waals surface area contributed by atoms with E-state index >= 15 is 0 Å². The molecule has 0 spiro atoms. The minimum atomic E-state index is 0.459. The van der Waals surface area contributed by atoms with E-state index in [0.29, 0.717) is 5.92 Å². The van der Waals surface area contributed by atoms with Gasteiger partial charge in [0, 0.05) is 12.2 Å².